The molecule has 0 aromatic heterocycles. The molecule has 0 saturated heterocycles. The van der Waals surface area contributed by atoms with E-state index < -0.39 is 16.9 Å². The Labute approximate surface area is 81.1 Å². The molecule has 0 radical (unpaired) electrons. The summed E-state index contributed by atoms with van der Waals surface area (Å²) in [7, 11) is 0. The van der Waals surface area contributed by atoms with Crippen molar-refractivity contribution >= 4 is 34.8 Å². The van der Waals surface area contributed by atoms with Gasteiger partial charge < -0.3 is 10.2 Å². The lowest BCUT2D eigenvalue weighted by atomic mass is 10.1. The number of hydrogen-bond acceptors (Lipinski definition) is 2. The average molecular weight is 222 g/mol. The van der Waals surface area contributed by atoms with E-state index in [9.17, 15) is 5.11 Å². The first-order valence-corrected chi connectivity index (χ1v) is 4.52. The van der Waals surface area contributed by atoms with Gasteiger partial charge in [-0.25, -0.2) is 0 Å². The largest absolute Gasteiger partial charge is 0.395 e. The summed E-state index contributed by atoms with van der Waals surface area (Å²) in [5.74, 6) is 0. The standard InChI is InChI=1S/C6H11Cl3O2/c1-3(7)5(9)6(11)4(8)2-10/h3-6,10-11H,2H2,1H3/t3-,4+,5-,6-/m1/s1. The van der Waals surface area contributed by atoms with Crippen molar-refractivity contribution in [2.24, 2.45) is 0 Å². The second-order valence-electron chi connectivity index (χ2n) is 2.31. The number of alkyl halides is 3. The van der Waals surface area contributed by atoms with Gasteiger partial charge in [-0.3, -0.25) is 0 Å². The second kappa shape index (κ2) is 5.44. The molecule has 2 N–H and O–H groups in total. The monoisotopic (exact) mass is 220 g/mol. The molecule has 11 heavy (non-hydrogen) atoms. The van der Waals surface area contributed by atoms with Gasteiger partial charge in [-0.1, -0.05) is 0 Å². The van der Waals surface area contributed by atoms with Crippen LogP contribution in [-0.2, 0) is 0 Å². The highest BCUT2D eigenvalue weighted by atomic mass is 35.5. The maximum Gasteiger partial charge on any atom is 0.0903 e. The number of rotatable bonds is 4. The Morgan fingerprint density at radius 3 is 2.00 bits per heavy atom. The molecule has 0 fully saturated rings. The Bertz CT molecular complexity index is 110. The van der Waals surface area contributed by atoms with Crippen LogP contribution >= 0.6 is 34.8 Å². The van der Waals surface area contributed by atoms with Gasteiger partial charge in [-0.2, -0.15) is 0 Å². The van der Waals surface area contributed by atoms with Crippen LogP contribution in [0.4, 0.5) is 0 Å². The van der Waals surface area contributed by atoms with E-state index in [1.54, 1.807) is 6.92 Å². The van der Waals surface area contributed by atoms with Gasteiger partial charge >= 0.3 is 0 Å². The van der Waals surface area contributed by atoms with Crippen molar-refractivity contribution in [2.75, 3.05) is 6.61 Å². The Kier molecular flexibility index (Phi) is 5.83. The van der Waals surface area contributed by atoms with Gasteiger partial charge in [0, 0.05) is 5.38 Å². The van der Waals surface area contributed by atoms with E-state index in [1.165, 1.54) is 0 Å². The molecule has 0 heterocycles. The molecule has 0 spiro atoms. The molecule has 0 aromatic carbocycles. The number of halogens is 3. The fourth-order valence-corrected chi connectivity index (χ4v) is 1.14. The predicted molar refractivity (Wildman–Crippen MR) is 47.7 cm³/mol. The molecule has 0 unspecified atom stereocenters. The molecule has 0 saturated carbocycles. The third kappa shape index (κ3) is 3.81. The van der Waals surface area contributed by atoms with Crippen LogP contribution in [-0.4, -0.2) is 39.1 Å². The first-order valence-electron chi connectivity index (χ1n) is 3.21. The van der Waals surface area contributed by atoms with E-state index in [4.69, 9.17) is 39.9 Å². The van der Waals surface area contributed by atoms with Crippen LogP contribution < -0.4 is 0 Å². The highest BCUT2D eigenvalue weighted by Gasteiger charge is 2.27. The SMILES string of the molecule is C[C@@H](Cl)[C@@H](Cl)[C@H](O)[C@@H](Cl)CO. The second-order valence-corrected chi connectivity index (χ2v) is 4.06. The summed E-state index contributed by atoms with van der Waals surface area (Å²) in [5, 5.41) is 16.0. The highest BCUT2D eigenvalue weighted by Crippen LogP contribution is 2.18. The van der Waals surface area contributed by atoms with Crippen LogP contribution in [0.1, 0.15) is 6.92 Å². The fourth-order valence-electron chi connectivity index (χ4n) is 0.579. The molecule has 0 amide bonds. The summed E-state index contributed by atoms with van der Waals surface area (Å²) >= 11 is 16.8. The van der Waals surface area contributed by atoms with Gasteiger partial charge in [0.15, 0.2) is 0 Å². The van der Waals surface area contributed by atoms with Crippen LogP contribution in [0.25, 0.3) is 0 Å². The third-order valence-electron chi connectivity index (χ3n) is 1.31. The van der Waals surface area contributed by atoms with Crippen molar-refractivity contribution < 1.29 is 10.2 Å². The van der Waals surface area contributed by atoms with Gasteiger partial charge in [0.2, 0.25) is 0 Å². The van der Waals surface area contributed by atoms with Crippen LogP contribution in [0, 0.1) is 0 Å². The Morgan fingerprint density at radius 2 is 1.73 bits per heavy atom. The van der Waals surface area contributed by atoms with E-state index in [0.717, 1.165) is 0 Å². The van der Waals surface area contributed by atoms with E-state index in [2.05, 4.69) is 0 Å². The lowest BCUT2D eigenvalue weighted by molar-refractivity contribution is 0.133. The molecule has 0 aromatic rings. The number of aliphatic hydroxyl groups is 2. The lowest BCUT2D eigenvalue weighted by Gasteiger charge is -2.21. The van der Waals surface area contributed by atoms with Crippen molar-refractivity contribution in [1.29, 1.82) is 0 Å². The van der Waals surface area contributed by atoms with Crippen LogP contribution in [0.3, 0.4) is 0 Å². The lowest BCUT2D eigenvalue weighted by Crippen LogP contribution is -2.37. The maximum atomic E-state index is 9.25. The Hall–Kier alpha value is 0.790. The zero-order chi connectivity index (χ0) is 9.02. The quantitative estimate of drug-likeness (QED) is 0.700. The average Bonchev–Trinajstić information content (AvgIpc) is 2.00. The molecule has 0 aliphatic carbocycles. The molecule has 0 aliphatic rings. The number of aliphatic hydroxyl groups excluding tert-OH is 2. The molecule has 2 nitrogen and oxygen atoms in total. The predicted octanol–water partition coefficient (Wildman–Crippen LogP) is 1.18. The van der Waals surface area contributed by atoms with Gasteiger partial charge in [-0.05, 0) is 6.92 Å². The molecule has 0 rings (SSSR count). The maximum absolute atomic E-state index is 9.25. The summed E-state index contributed by atoms with van der Waals surface area (Å²) in [5.41, 5.74) is 0. The van der Waals surface area contributed by atoms with Crippen molar-refractivity contribution in [3.8, 4) is 0 Å². The van der Waals surface area contributed by atoms with Crippen molar-refractivity contribution in [3.05, 3.63) is 0 Å². The minimum absolute atomic E-state index is 0.310. The first-order chi connectivity index (χ1) is 5.00. The highest BCUT2D eigenvalue weighted by molar-refractivity contribution is 6.31. The molecule has 0 aliphatic heterocycles. The fraction of sp³-hybridized carbons (Fsp3) is 1.00. The van der Waals surface area contributed by atoms with Crippen LogP contribution in [0.5, 0.6) is 0 Å². The van der Waals surface area contributed by atoms with E-state index in [-0.39, 0.29) is 12.0 Å². The van der Waals surface area contributed by atoms with Crippen molar-refractivity contribution in [2.45, 2.75) is 29.2 Å². The van der Waals surface area contributed by atoms with E-state index in [1.807, 2.05) is 0 Å². The van der Waals surface area contributed by atoms with E-state index in [0.29, 0.717) is 0 Å². The number of hydrogen-bond donors (Lipinski definition) is 2. The Balaban J connectivity index is 3.90. The Morgan fingerprint density at radius 1 is 1.27 bits per heavy atom. The molecule has 5 heteroatoms. The topological polar surface area (TPSA) is 40.5 Å². The molecule has 4 atom stereocenters. The first kappa shape index (κ1) is 11.8. The summed E-state index contributed by atoms with van der Waals surface area (Å²) in [6.45, 7) is 1.35. The zero-order valence-electron chi connectivity index (χ0n) is 6.04. The molecular weight excluding hydrogens is 210 g/mol. The molecule has 68 valence electrons. The van der Waals surface area contributed by atoms with Crippen LogP contribution in [0.2, 0.25) is 0 Å². The smallest absolute Gasteiger partial charge is 0.0903 e. The van der Waals surface area contributed by atoms with Crippen molar-refractivity contribution in [3.63, 3.8) is 0 Å². The van der Waals surface area contributed by atoms with Gasteiger partial charge in [0.05, 0.1) is 23.5 Å². The summed E-state index contributed by atoms with van der Waals surface area (Å²) in [6, 6.07) is 0. The van der Waals surface area contributed by atoms with Gasteiger partial charge in [-0.15, -0.1) is 34.8 Å². The summed E-state index contributed by atoms with van der Waals surface area (Å²) < 4.78 is 0. The third-order valence-corrected chi connectivity index (χ3v) is 2.74. The summed E-state index contributed by atoms with van der Waals surface area (Å²) in [6.07, 6.45) is -0.976. The minimum atomic E-state index is -0.976. The molecule has 0 bridgehead atoms. The van der Waals surface area contributed by atoms with Gasteiger partial charge in [0.1, 0.15) is 0 Å². The van der Waals surface area contributed by atoms with E-state index >= 15 is 0 Å². The molecular formula is C6H11Cl3O2. The van der Waals surface area contributed by atoms with Crippen LogP contribution in [0.15, 0.2) is 0 Å². The normalized spacial score (nSPS) is 22.4. The van der Waals surface area contributed by atoms with Crippen molar-refractivity contribution in [1.82, 2.24) is 0 Å². The zero-order valence-corrected chi connectivity index (χ0v) is 8.31. The van der Waals surface area contributed by atoms with Gasteiger partial charge in [0.25, 0.3) is 0 Å². The minimum Gasteiger partial charge on any atom is -0.395 e. The summed E-state index contributed by atoms with van der Waals surface area (Å²) in [4.78, 5) is 0.